The summed E-state index contributed by atoms with van der Waals surface area (Å²) in [6.07, 6.45) is 0.310. The number of ether oxygens (including phenoxy) is 1. The molecular weight excluding hydrogens is 352 g/mol. The van der Waals surface area contributed by atoms with Crippen LogP contribution in [0.15, 0.2) is 88.1 Å². The lowest BCUT2D eigenvalue weighted by Gasteiger charge is -2.12. The monoisotopic (exact) mass is 370 g/mol. The minimum atomic E-state index is -0.509. The summed E-state index contributed by atoms with van der Waals surface area (Å²) in [7, 11) is 0. The van der Waals surface area contributed by atoms with Crippen molar-refractivity contribution in [3.05, 3.63) is 112 Å². The van der Waals surface area contributed by atoms with Gasteiger partial charge in [-0.05, 0) is 36.8 Å². The van der Waals surface area contributed by atoms with Crippen LogP contribution >= 0.6 is 0 Å². The Morgan fingerprint density at radius 1 is 0.893 bits per heavy atom. The first-order valence-corrected chi connectivity index (χ1v) is 8.99. The third-order valence-corrected chi connectivity index (χ3v) is 4.56. The van der Waals surface area contributed by atoms with Crippen molar-refractivity contribution >= 4 is 16.9 Å². The van der Waals surface area contributed by atoms with E-state index in [1.807, 2.05) is 55.5 Å². The molecule has 0 saturated carbocycles. The largest absolute Gasteiger partial charge is 0.422 e. The van der Waals surface area contributed by atoms with E-state index in [-0.39, 0.29) is 5.75 Å². The average Bonchev–Trinajstić information content (AvgIpc) is 2.71. The molecule has 4 aromatic rings. The van der Waals surface area contributed by atoms with Crippen molar-refractivity contribution < 1.29 is 13.9 Å². The zero-order valence-corrected chi connectivity index (χ0v) is 15.3. The molecule has 1 aromatic heterocycles. The fourth-order valence-electron chi connectivity index (χ4n) is 3.07. The first-order chi connectivity index (χ1) is 13.6. The molecular formula is C24H18O4. The molecule has 0 N–H and O–H groups in total. The van der Waals surface area contributed by atoms with Crippen LogP contribution in [0.4, 0.5) is 0 Å². The maximum atomic E-state index is 12.7. The number of hydrogen-bond acceptors (Lipinski definition) is 4. The SMILES string of the molecule is Cc1ccc(C(=O)Oc2c(Cc3ccccc3)c(=O)oc3ccccc23)cc1. The van der Waals surface area contributed by atoms with Gasteiger partial charge in [0.25, 0.3) is 0 Å². The minimum absolute atomic E-state index is 0.251. The summed E-state index contributed by atoms with van der Waals surface area (Å²) in [6.45, 7) is 1.95. The van der Waals surface area contributed by atoms with Gasteiger partial charge in [-0.15, -0.1) is 0 Å². The molecule has 138 valence electrons. The predicted molar refractivity (Wildman–Crippen MR) is 108 cm³/mol. The van der Waals surface area contributed by atoms with Gasteiger partial charge < -0.3 is 9.15 Å². The Kier molecular flexibility index (Phi) is 4.77. The Hall–Kier alpha value is -3.66. The van der Waals surface area contributed by atoms with Gasteiger partial charge >= 0.3 is 11.6 Å². The number of hydrogen-bond donors (Lipinski definition) is 0. The number of rotatable bonds is 4. The van der Waals surface area contributed by atoms with Gasteiger partial charge in [0.1, 0.15) is 5.58 Å². The predicted octanol–water partition coefficient (Wildman–Crippen LogP) is 4.91. The molecule has 0 unspecified atom stereocenters. The Balaban J connectivity index is 1.82. The Bertz CT molecular complexity index is 1190. The minimum Gasteiger partial charge on any atom is -0.422 e. The van der Waals surface area contributed by atoms with Gasteiger partial charge in [0.05, 0.1) is 16.5 Å². The summed E-state index contributed by atoms with van der Waals surface area (Å²) >= 11 is 0. The van der Waals surface area contributed by atoms with Crippen molar-refractivity contribution in [1.82, 2.24) is 0 Å². The van der Waals surface area contributed by atoms with E-state index < -0.39 is 11.6 Å². The van der Waals surface area contributed by atoms with Gasteiger partial charge in [-0.3, -0.25) is 0 Å². The highest BCUT2D eigenvalue weighted by atomic mass is 16.5. The second kappa shape index (κ2) is 7.53. The topological polar surface area (TPSA) is 56.5 Å². The highest BCUT2D eigenvalue weighted by Gasteiger charge is 2.20. The van der Waals surface area contributed by atoms with Crippen LogP contribution < -0.4 is 10.4 Å². The molecule has 0 fully saturated rings. The summed E-state index contributed by atoms with van der Waals surface area (Å²) in [6, 6.07) is 23.7. The lowest BCUT2D eigenvalue weighted by molar-refractivity contribution is 0.0735. The summed E-state index contributed by atoms with van der Waals surface area (Å²) in [5.41, 5.74) is 2.61. The molecule has 0 saturated heterocycles. The normalized spacial score (nSPS) is 10.8. The summed E-state index contributed by atoms with van der Waals surface area (Å²) < 4.78 is 11.2. The van der Waals surface area contributed by atoms with E-state index in [1.54, 1.807) is 30.3 Å². The number of benzene rings is 3. The van der Waals surface area contributed by atoms with Crippen LogP contribution in [0.2, 0.25) is 0 Å². The Morgan fingerprint density at radius 2 is 1.57 bits per heavy atom. The van der Waals surface area contributed by atoms with E-state index in [0.29, 0.717) is 28.5 Å². The molecule has 0 amide bonds. The zero-order chi connectivity index (χ0) is 19.5. The lowest BCUT2D eigenvalue weighted by atomic mass is 10.0. The van der Waals surface area contributed by atoms with Crippen LogP contribution in [0.5, 0.6) is 5.75 Å². The molecule has 0 aliphatic rings. The molecule has 0 radical (unpaired) electrons. The molecule has 3 aromatic carbocycles. The molecule has 0 atom stereocenters. The van der Waals surface area contributed by atoms with Gasteiger partial charge in [-0.25, -0.2) is 9.59 Å². The molecule has 4 rings (SSSR count). The van der Waals surface area contributed by atoms with Crippen LogP contribution in [-0.4, -0.2) is 5.97 Å². The van der Waals surface area contributed by atoms with Gasteiger partial charge in [0.2, 0.25) is 0 Å². The van der Waals surface area contributed by atoms with E-state index in [4.69, 9.17) is 9.15 Å². The van der Waals surface area contributed by atoms with E-state index in [2.05, 4.69) is 0 Å². The Morgan fingerprint density at radius 3 is 2.32 bits per heavy atom. The van der Waals surface area contributed by atoms with Gasteiger partial charge in [0.15, 0.2) is 5.75 Å². The number of aryl methyl sites for hydroxylation is 1. The summed E-state index contributed by atoms with van der Waals surface area (Å²) in [4.78, 5) is 25.4. The fraction of sp³-hybridized carbons (Fsp3) is 0.0833. The molecule has 4 heteroatoms. The zero-order valence-electron chi connectivity index (χ0n) is 15.3. The van der Waals surface area contributed by atoms with Crippen LogP contribution in [0, 0.1) is 6.92 Å². The van der Waals surface area contributed by atoms with Crippen molar-refractivity contribution in [1.29, 1.82) is 0 Å². The fourth-order valence-corrected chi connectivity index (χ4v) is 3.07. The van der Waals surface area contributed by atoms with Crippen molar-refractivity contribution in [2.75, 3.05) is 0 Å². The lowest BCUT2D eigenvalue weighted by Crippen LogP contribution is -2.16. The highest BCUT2D eigenvalue weighted by molar-refractivity contribution is 5.94. The van der Waals surface area contributed by atoms with E-state index in [9.17, 15) is 9.59 Å². The first kappa shape index (κ1) is 17.7. The summed E-state index contributed by atoms with van der Waals surface area (Å²) in [5, 5.41) is 0.591. The van der Waals surface area contributed by atoms with E-state index in [1.165, 1.54) is 0 Å². The second-order valence-corrected chi connectivity index (χ2v) is 6.61. The molecule has 0 bridgehead atoms. The number of fused-ring (bicyclic) bond motifs is 1. The maximum absolute atomic E-state index is 12.7. The van der Waals surface area contributed by atoms with Crippen molar-refractivity contribution in [3.8, 4) is 5.75 Å². The third kappa shape index (κ3) is 3.58. The van der Waals surface area contributed by atoms with Crippen LogP contribution in [0.1, 0.15) is 27.0 Å². The number of carbonyl (C=O) groups is 1. The highest BCUT2D eigenvalue weighted by Crippen LogP contribution is 2.30. The van der Waals surface area contributed by atoms with Gasteiger partial charge in [0, 0.05) is 6.42 Å². The van der Waals surface area contributed by atoms with Crippen LogP contribution in [0.25, 0.3) is 11.0 Å². The van der Waals surface area contributed by atoms with Crippen molar-refractivity contribution in [2.24, 2.45) is 0 Å². The number of esters is 1. The quantitative estimate of drug-likeness (QED) is 0.378. The van der Waals surface area contributed by atoms with E-state index >= 15 is 0 Å². The average molecular weight is 370 g/mol. The summed E-state index contributed by atoms with van der Waals surface area (Å²) in [5.74, 6) is -0.258. The van der Waals surface area contributed by atoms with Gasteiger partial charge in [-0.2, -0.15) is 0 Å². The van der Waals surface area contributed by atoms with E-state index in [0.717, 1.165) is 11.1 Å². The Labute approximate surface area is 162 Å². The molecule has 0 spiro atoms. The molecule has 28 heavy (non-hydrogen) atoms. The van der Waals surface area contributed by atoms with Crippen molar-refractivity contribution in [3.63, 3.8) is 0 Å². The maximum Gasteiger partial charge on any atom is 0.343 e. The molecule has 0 aliphatic heterocycles. The van der Waals surface area contributed by atoms with Crippen LogP contribution in [0.3, 0.4) is 0 Å². The molecule has 4 nitrogen and oxygen atoms in total. The molecule has 1 heterocycles. The standard InChI is InChI=1S/C24H18O4/c1-16-11-13-18(14-12-16)23(25)28-22-19-9-5-6-10-21(19)27-24(26)20(22)15-17-7-3-2-4-8-17/h2-14H,15H2,1H3. The smallest absolute Gasteiger partial charge is 0.343 e. The van der Waals surface area contributed by atoms with Gasteiger partial charge in [-0.1, -0.05) is 60.2 Å². The third-order valence-electron chi connectivity index (χ3n) is 4.56. The first-order valence-electron chi connectivity index (χ1n) is 8.99. The van der Waals surface area contributed by atoms with Crippen LogP contribution in [-0.2, 0) is 6.42 Å². The number of carbonyl (C=O) groups excluding carboxylic acids is 1. The van der Waals surface area contributed by atoms with Crippen molar-refractivity contribution in [2.45, 2.75) is 13.3 Å². The number of para-hydroxylation sites is 1. The second-order valence-electron chi connectivity index (χ2n) is 6.61. The molecule has 0 aliphatic carbocycles.